The molecule has 0 aliphatic heterocycles. The van der Waals surface area contributed by atoms with E-state index in [9.17, 15) is 13.2 Å². The molecule has 0 fully saturated rings. The molecular formula is C21H19ClN2O5S. The van der Waals surface area contributed by atoms with Gasteiger partial charge in [0, 0.05) is 6.54 Å². The summed E-state index contributed by atoms with van der Waals surface area (Å²) in [5.74, 6) is -1.22. The van der Waals surface area contributed by atoms with Crippen LogP contribution >= 0.6 is 11.6 Å². The molecule has 7 nitrogen and oxygen atoms in total. The van der Waals surface area contributed by atoms with Crippen molar-refractivity contribution in [2.75, 3.05) is 17.1 Å². The van der Waals surface area contributed by atoms with Gasteiger partial charge in [-0.25, -0.2) is 13.2 Å². The van der Waals surface area contributed by atoms with Crippen molar-refractivity contribution in [2.45, 2.75) is 11.4 Å². The van der Waals surface area contributed by atoms with Crippen LogP contribution in [0.1, 0.15) is 15.9 Å². The summed E-state index contributed by atoms with van der Waals surface area (Å²) in [5, 5.41) is 12.7. The van der Waals surface area contributed by atoms with Crippen molar-refractivity contribution in [1.29, 1.82) is 0 Å². The first-order chi connectivity index (χ1) is 14.3. The maximum Gasteiger partial charge on any atom is 0.335 e. The lowest BCUT2D eigenvalue weighted by Gasteiger charge is -2.14. The van der Waals surface area contributed by atoms with E-state index in [1.807, 2.05) is 30.3 Å². The number of rotatable bonds is 8. The van der Waals surface area contributed by atoms with Gasteiger partial charge in [0.2, 0.25) is 0 Å². The lowest BCUT2D eigenvalue weighted by atomic mass is 10.2. The summed E-state index contributed by atoms with van der Waals surface area (Å²) in [6.07, 6.45) is 0. The van der Waals surface area contributed by atoms with Crippen LogP contribution in [0.4, 0.5) is 11.4 Å². The fraction of sp³-hybridized carbons (Fsp3) is 0.0952. The number of carboxylic acid groups (broad SMARTS) is 1. The van der Waals surface area contributed by atoms with Crippen molar-refractivity contribution < 1.29 is 23.1 Å². The summed E-state index contributed by atoms with van der Waals surface area (Å²) in [7, 11) is -2.81. The van der Waals surface area contributed by atoms with Gasteiger partial charge in [0.1, 0.15) is 10.6 Å². The molecule has 0 atom stereocenters. The fourth-order valence-electron chi connectivity index (χ4n) is 2.74. The van der Waals surface area contributed by atoms with E-state index in [0.29, 0.717) is 17.3 Å². The van der Waals surface area contributed by atoms with Crippen molar-refractivity contribution >= 4 is 39.0 Å². The molecule has 156 valence electrons. The standard InChI is InChI=1S/C21H19ClN2O5S/c1-29-19-10-7-15(21(25)26)11-20(19)30(27,28)24-16-8-9-18(17(22)12-16)23-13-14-5-3-2-4-6-14/h2-12,23-24H,13H2,1H3,(H,25,26). The Morgan fingerprint density at radius 2 is 1.80 bits per heavy atom. The van der Waals surface area contributed by atoms with Gasteiger partial charge in [-0.15, -0.1) is 0 Å². The Bertz CT molecular complexity index is 1170. The van der Waals surface area contributed by atoms with Crippen LogP contribution in [0.3, 0.4) is 0 Å². The minimum atomic E-state index is -4.11. The molecule has 0 saturated heterocycles. The zero-order valence-corrected chi connectivity index (χ0v) is 17.5. The molecule has 0 bridgehead atoms. The Kier molecular flexibility index (Phi) is 6.49. The molecule has 30 heavy (non-hydrogen) atoms. The molecule has 0 heterocycles. The van der Waals surface area contributed by atoms with E-state index in [4.69, 9.17) is 21.4 Å². The van der Waals surface area contributed by atoms with Gasteiger partial charge in [0.25, 0.3) is 10.0 Å². The molecule has 3 aromatic carbocycles. The summed E-state index contributed by atoms with van der Waals surface area (Å²) in [5.41, 5.74) is 1.78. The Morgan fingerprint density at radius 1 is 1.07 bits per heavy atom. The number of benzene rings is 3. The average molecular weight is 447 g/mol. The zero-order valence-electron chi connectivity index (χ0n) is 15.9. The molecule has 0 saturated carbocycles. The zero-order chi connectivity index (χ0) is 21.7. The molecular weight excluding hydrogens is 428 g/mol. The predicted octanol–water partition coefficient (Wildman–Crippen LogP) is 4.46. The van der Waals surface area contributed by atoms with E-state index < -0.39 is 16.0 Å². The fourth-order valence-corrected chi connectivity index (χ4v) is 4.24. The van der Waals surface area contributed by atoms with Gasteiger partial charge in [-0.1, -0.05) is 41.9 Å². The third kappa shape index (κ3) is 5.03. The highest BCUT2D eigenvalue weighted by atomic mass is 35.5. The van der Waals surface area contributed by atoms with Crippen molar-refractivity contribution in [3.8, 4) is 5.75 Å². The minimum absolute atomic E-state index is 0.0275. The number of ether oxygens (including phenoxy) is 1. The van der Waals surface area contributed by atoms with Crippen LogP contribution < -0.4 is 14.8 Å². The normalized spacial score (nSPS) is 11.0. The second-order valence-corrected chi connectivity index (χ2v) is 8.37. The summed E-state index contributed by atoms with van der Waals surface area (Å²) < 4.78 is 33.1. The number of sulfonamides is 1. The quantitative estimate of drug-likeness (QED) is 0.472. The van der Waals surface area contributed by atoms with E-state index in [-0.39, 0.29) is 21.9 Å². The maximum absolute atomic E-state index is 12.8. The van der Waals surface area contributed by atoms with E-state index in [1.54, 1.807) is 12.1 Å². The van der Waals surface area contributed by atoms with Gasteiger partial charge >= 0.3 is 5.97 Å². The SMILES string of the molecule is COc1ccc(C(=O)O)cc1S(=O)(=O)Nc1ccc(NCc2ccccc2)c(Cl)c1. The molecule has 0 radical (unpaired) electrons. The molecule has 3 rings (SSSR count). The minimum Gasteiger partial charge on any atom is -0.495 e. The number of nitrogens with one attached hydrogen (secondary N) is 2. The average Bonchev–Trinajstić information content (AvgIpc) is 2.73. The highest BCUT2D eigenvalue weighted by Crippen LogP contribution is 2.30. The first kappa shape index (κ1) is 21.5. The predicted molar refractivity (Wildman–Crippen MR) is 116 cm³/mol. The first-order valence-corrected chi connectivity index (χ1v) is 10.7. The number of carboxylic acids is 1. The summed E-state index contributed by atoms with van der Waals surface area (Å²) >= 11 is 6.30. The van der Waals surface area contributed by atoms with Crippen LogP contribution in [-0.2, 0) is 16.6 Å². The molecule has 9 heteroatoms. The topological polar surface area (TPSA) is 105 Å². The molecule has 0 aliphatic carbocycles. The Balaban J connectivity index is 1.81. The molecule has 0 spiro atoms. The van der Waals surface area contributed by atoms with Crippen molar-refractivity contribution in [3.63, 3.8) is 0 Å². The van der Waals surface area contributed by atoms with Crippen LogP contribution in [0.2, 0.25) is 5.02 Å². The molecule has 3 aromatic rings. The van der Waals surface area contributed by atoms with Gasteiger partial charge in [-0.2, -0.15) is 0 Å². The number of halogens is 1. The van der Waals surface area contributed by atoms with Gasteiger partial charge in [0.05, 0.1) is 29.1 Å². The highest BCUT2D eigenvalue weighted by molar-refractivity contribution is 7.92. The molecule has 3 N–H and O–H groups in total. The van der Waals surface area contributed by atoms with Crippen LogP contribution in [0, 0.1) is 0 Å². The molecule has 0 aliphatic rings. The monoisotopic (exact) mass is 446 g/mol. The van der Waals surface area contributed by atoms with E-state index in [2.05, 4.69) is 10.0 Å². The molecule has 0 amide bonds. The van der Waals surface area contributed by atoms with Gasteiger partial charge in [-0.05, 0) is 42.0 Å². The second-order valence-electron chi connectivity index (χ2n) is 6.31. The van der Waals surface area contributed by atoms with Gasteiger partial charge < -0.3 is 15.2 Å². The summed E-state index contributed by atoms with van der Waals surface area (Å²) in [6, 6.07) is 18.0. The number of carbonyl (C=O) groups is 1. The lowest BCUT2D eigenvalue weighted by Crippen LogP contribution is -2.15. The largest absolute Gasteiger partial charge is 0.495 e. The van der Waals surface area contributed by atoms with Crippen LogP contribution in [-0.4, -0.2) is 26.6 Å². The summed E-state index contributed by atoms with van der Waals surface area (Å²) in [4.78, 5) is 10.9. The number of aromatic carboxylic acids is 1. The number of hydrogen-bond donors (Lipinski definition) is 3. The molecule has 0 aromatic heterocycles. The number of methoxy groups -OCH3 is 1. The van der Waals surface area contributed by atoms with Gasteiger partial charge in [0.15, 0.2) is 0 Å². The highest BCUT2D eigenvalue weighted by Gasteiger charge is 2.22. The van der Waals surface area contributed by atoms with E-state index in [1.165, 1.54) is 25.3 Å². The van der Waals surface area contributed by atoms with Gasteiger partial charge in [-0.3, -0.25) is 4.72 Å². The van der Waals surface area contributed by atoms with Crippen LogP contribution in [0.5, 0.6) is 5.75 Å². The second kappa shape index (κ2) is 9.06. The van der Waals surface area contributed by atoms with Crippen molar-refractivity contribution in [1.82, 2.24) is 0 Å². The smallest absolute Gasteiger partial charge is 0.335 e. The van der Waals surface area contributed by atoms with E-state index in [0.717, 1.165) is 11.6 Å². The Labute approximate surface area is 179 Å². The van der Waals surface area contributed by atoms with Crippen LogP contribution in [0.25, 0.3) is 0 Å². The third-order valence-electron chi connectivity index (χ3n) is 4.25. The Hall–Kier alpha value is -3.23. The number of hydrogen-bond acceptors (Lipinski definition) is 5. The maximum atomic E-state index is 12.8. The first-order valence-electron chi connectivity index (χ1n) is 8.81. The van der Waals surface area contributed by atoms with Crippen LogP contribution in [0.15, 0.2) is 71.6 Å². The van der Waals surface area contributed by atoms with Crippen molar-refractivity contribution in [2.24, 2.45) is 0 Å². The van der Waals surface area contributed by atoms with Crippen molar-refractivity contribution in [3.05, 3.63) is 82.9 Å². The number of anilines is 2. The third-order valence-corrected chi connectivity index (χ3v) is 5.96. The molecule has 0 unspecified atom stereocenters. The van der Waals surface area contributed by atoms with E-state index >= 15 is 0 Å². The lowest BCUT2D eigenvalue weighted by molar-refractivity contribution is 0.0696. The summed E-state index contributed by atoms with van der Waals surface area (Å²) in [6.45, 7) is 0.560. The Morgan fingerprint density at radius 3 is 2.43 bits per heavy atom.